The number of anilines is 2. The molecule has 0 aliphatic rings. The van der Waals surface area contributed by atoms with Crippen molar-refractivity contribution in [2.75, 3.05) is 24.3 Å². The highest BCUT2D eigenvalue weighted by Crippen LogP contribution is 2.16. The van der Waals surface area contributed by atoms with Crippen LogP contribution < -0.4 is 10.2 Å². The number of aromatic nitrogens is 5. The molecule has 0 aliphatic carbocycles. The third kappa shape index (κ3) is 3.51. The fraction of sp³-hybridized carbons (Fsp3) is 0.294. The van der Waals surface area contributed by atoms with E-state index in [1.165, 1.54) is 0 Å². The van der Waals surface area contributed by atoms with Crippen molar-refractivity contribution in [1.29, 1.82) is 0 Å². The van der Waals surface area contributed by atoms with Gasteiger partial charge in [-0.3, -0.25) is 4.57 Å². The molecule has 0 unspecified atom stereocenters. The zero-order valence-electron chi connectivity index (χ0n) is 14.1. The SMILES string of the molecule is CCc1cc(NCc2cccnc2-n2ccnc2)nc(N(C)C)n1. The van der Waals surface area contributed by atoms with E-state index < -0.39 is 0 Å². The maximum absolute atomic E-state index is 4.55. The van der Waals surface area contributed by atoms with Crippen molar-refractivity contribution in [3.8, 4) is 5.82 Å². The van der Waals surface area contributed by atoms with E-state index >= 15 is 0 Å². The maximum atomic E-state index is 4.55. The van der Waals surface area contributed by atoms with Gasteiger partial charge in [0.2, 0.25) is 5.95 Å². The summed E-state index contributed by atoms with van der Waals surface area (Å²) in [6.45, 7) is 2.71. The molecule has 7 nitrogen and oxygen atoms in total. The number of aryl methyl sites for hydroxylation is 1. The largest absolute Gasteiger partial charge is 0.366 e. The van der Waals surface area contributed by atoms with Crippen molar-refractivity contribution < 1.29 is 0 Å². The van der Waals surface area contributed by atoms with Crippen LogP contribution >= 0.6 is 0 Å². The fourth-order valence-electron chi connectivity index (χ4n) is 2.33. The van der Waals surface area contributed by atoms with Crippen molar-refractivity contribution in [2.24, 2.45) is 0 Å². The Hall–Kier alpha value is -2.96. The first-order valence-corrected chi connectivity index (χ1v) is 7.88. The molecular formula is C17H21N7. The summed E-state index contributed by atoms with van der Waals surface area (Å²) in [5, 5.41) is 3.38. The van der Waals surface area contributed by atoms with Gasteiger partial charge in [0.1, 0.15) is 18.0 Å². The summed E-state index contributed by atoms with van der Waals surface area (Å²) < 4.78 is 1.90. The summed E-state index contributed by atoms with van der Waals surface area (Å²) in [6.07, 6.45) is 8.02. The molecule has 0 atom stereocenters. The number of hydrogen-bond donors (Lipinski definition) is 1. The van der Waals surface area contributed by atoms with E-state index in [0.717, 1.165) is 29.3 Å². The highest BCUT2D eigenvalue weighted by Gasteiger charge is 2.08. The van der Waals surface area contributed by atoms with Crippen molar-refractivity contribution in [2.45, 2.75) is 19.9 Å². The van der Waals surface area contributed by atoms with Crippen LogP contribution in [0.4, 0.5) is 11.8 Å². The average Bonchev–Trinajstić information content (AvgIpc) is 3.14. The minimum atomic E-state index is 0.619. The fourth-order valence-corrected chi connectivity index (χ4v) is 2.33. The molecule has 0 spiro atoms. The highest BCUT2D eigenvalue weighted by atomic mass is 15.2. The molecular weight excluding hydrogens is 302 g/mol. The van der Waals surface area contributed by atoms with Gasteiger partial charge in [0, 0.05) is 56.6 Å². The summed E-state index contributed by atoms with van der Waals surface area (Å²) in [5.74, 6) is 2.38. The quantitative estimate of drug-likeness (QED) is 0.750. The lowest BCUT2D eigenvalue weighted by Crippen LogP contribution is -2.15. The predicted molar refractivity (Wildman–Crippen MR) is 94.4 cm³/mol. The van der Waals surface area contributed by atoms with Gasteiger partial charge in [-0.1, -0.05) is 13.0 Å². The van der Waals surface area contributed by atoms with Crippen molar-refractivity contribution in [1.82, 2.24) is 24.5 Å². The zero-order chi connectivity index (χ0) is 16.9. The van der Waals surface area contributed by atoms with E-state index in [9.17, 15) is 0 Å². The van der Waals surface area contributed by atoms with Crippen LogP contribution in [0.2, 0.25) is 0 Å². The van der Waals surface area contributed by atoms with Gasteiger partial charge in [0.15, 0.2) is 0 Å². The normalized spacial score (nSPS) is 10.6. The molecule has 1 N–H and O–H groups in total. The van der Waals surface area contributed by atoms with E-state index in [-0.39, 0.29) is 0 Å². The zero-order valence-corrected chi connectivity index (χ0v) is 14.1. The first kappa shape index (κ1) is 15.9. The Morgan fingerprint density at radius 2 is 2.08 bits per heavy atom. The van der Waals surface area contributed by atoms with Gasteiger partial charge >= 0.3 is 0 Å². The van der Waals surface area contributed by atoms with E-state index in [4.69, 9.17) is 0 Å². The summed E-state index contributed by atoms with van der Waals surface area (Å²) in [7, 11) is 3.88. The van der Waals surface area contributed by atoms with Crippen LogP contribution in [0.15, 0.2) is 43.1 Å². The summed E-state index contributed by atoms with van der Waals surface area (Å²) in [4.78, 5) is 19.5. The molecule has 0 saturated carbocycles. The van der Waals surface area contributed by atoms with Crippen molar-refractivity contribution in [3.63, 3.8) is 0 Å². The standard InChI is InChI=1S/C17H21N7/c1-4-14-10-15(22-17(21-14)23(2)3)20-11-13-6-5-7-19-16(13)24-9-8-18-12-24/h5-10,12H,4,11H2,1-3H3,(H,20,21,22). The lowest BCUT2D eigenvalue weighted by molar-refractivity contribution is 0.923. The molecule has 7 heteroatoms. The van der Waals surface area contributed by atoms with E-state index in [1.807, 2.05) is 48.0 Å². The van der Waals surface area contributed by atoms with Gasteiger partial charge in [0.05, 0.1) is 0 Å². The average molecular weight is 323 g/mol. The number of imidazole rings is 1. The van der Waals surface area contributed by atoms with Crippen molar-refractivity contribution in [3.05, 3.63) is 54.4 Å². The second kappa shape index (κ2) is 7.08. The third-order valence-electron chi connectivity index (χ3n) is 3.61. The Labute approximate surface area is 141 Å². The number of nitrogens with one attached hydrogen (secondary N) is 1. The van der Waals surface area contributed by atoms with Gasteiger partial charge in [-0.25, -0.2) is 15.0 Å². The molecule has 3 aromatic heterocycles. The molecule has 3 rings (SSSR count). The number of rotatable bonds is 6. The molecule has 0 radical (unpaired) electrons. The van der Waals surface area contributed by atoms with Crippen LogP contribution in [-0.2, 0) is 13.0 Å². The molecule has 3 heterocycles. The van der Waals surface area contributed by atoms with Crippen LogP contribution in [0.25, 0.3) is 5.82 Å². The van der Waals surface area contributed by atoms with Gasteiger partial charge in [-0.15, -0.1) is 0 Å². The maximum Gasteiger partial charge on any atom is 0.226 e. The first-order chi connectivity index (χ1) is 11.7. The summed E-state index contributed by atoms with van der Waals surface area (Å²) >= 11 is 0. The lowest BCUT2D eigenvalue weighted by atomic mass is 10.2. The Morgan fingerprint density at radius 1 is 1.21 bits per heavy atom. The van der Waals surface area contributed by atoms with Crippen LogP contribution in [-0.4, -0.2) is 38.6 Å². The topological polar surface area (TPSA) is 71.8 Å². The summed E-state index contributed by atoms with van der Waals surface area (Å²) in [5.41, 5.74) is 2.08. The van der Waals surface area contributed by atoms with Gasteiger partial charge in [-0.05, 0) is 12.5 Å². The molecule has 0 aromatic carbocycles. The van der Waals surface area contributed by atoms with Gasteiger partial charge in [-0.2, -0.15) is 4.98 Å². The molecule has 0 saturated heterocycles. The lowest BCUT2D eigenvalue weighted by Gasteiger charge is -2.15. The molecule has 3 aromatic rings. The van der Waals surface area contributed by atoms with E-state index in [0.29, 0.717) is 12.5 Å². The molecule has 0 fully saturated rings. The molecule has 0 amide bonds. The molecule has 124 valence electrons. The highest BCUT2D eigenvalue weighted by molar-refractivity contribution is 5.45. The number of pyridine rings is 1. The molecule has 0 aliphatic heterocycles. The molecule has 24 heavy (non-hydrogen) atoms. The minimum absolute atomic E-state index is 0.619. The minimum Gasteiger partial charge on any atom is -0.366 e. The first-order valence-electron chi connectivity index (χ1n) is 7.88. The number of nitrogens with zero attached hydrogens (tertiary/aromatic N) is 6. The second-order valence-corrected chi connectivity index (χ2v) is 5.60. The van der Waals surface area contributed by atoms with E-state index in [1.54, 1.807) is 18.7 Å². The monoisotopic (exact) mass is 323 g/mol. The van der Waals surface area contributed by atoms with E-state index in [2.05, 4.69) is 32.2 Å². The smallest absolute Gasteiger partial charge is 0.226 e. The Morgan fingerprint density at radius 3 is 2.79 bits per heavy atom. The Balaban J connectivity index is 1.83. The van der Waals surface area contributed by atoms with Crippen LogP contribution in [0.5, 0.6) is 0 Å². The summed E-state index contributed by atoms with van der Waals surface area (Å²) in [6, 6.07) is 5.96. The third-order valence-corrected chi connectivity index (χ3v) is 3.61. The van der Waals surface area contributed by atoms with Crippen LogP contribution in [0, 0.1) is 0 Å². The van der Waals surface area contributed by atoms with Gasteiger partial charge < -0.3 is 10.2 Å². The Bertz CT molecular complexity index is 796. The van der Waals surface area contributed by atoms with Crippen LogP contribution in [0.3, 0.4) is 0 Å². The van der Waals surface area contributed by atoms with Crippen LogP contribution in [0.1, 0.15) is 18.2 Å². The number of hydrogen-bond acceptors (Lipinski definition) is 6. The Kier molecular flexibility index (Phi) is 4.69. The molecule has 0 bridgehead atoms. The second-order valence-electron chi connectivity index (χ2n) is 5.60. The van der Waals surface area contributed by atoms with Gasteiger partial charge in [0.25, 0.3) is 0 Å². The predicted octanol–water partition coefficient (Wildman–Crippen LogP) is 2.30. The van der Waals surface area contributed by atoms with Crippen molar-refractivity contribution >= 4 is 11.8 Å².